The molecule has 0 N–H and O–H groups in total. The summed E-state index contributed by atoms with van der Waals surface area (Å²) in [6, 6.07) is 0. The second kappa shape index (κ2) is 11.3. The molecule has 0 bridgehead atoms. The Morgan fingerprint density at radius 2 is 1.54 bits per heavy atom. The predicted octanol–water partition coefficient (Wildman–Crippen LogP) is 5.65. The van der Waals surface area contributed by atoms with Gasteiger partial charge in [-0.2, -0.15) is 0 Å². The van der Waals surface area contributed by atoms with E-state index in [0.29, 0.717) is 0 Å². The second-order valence-electron chi connectivity index (χ2n) is 7.14. The van der Waals surface area contributed by atoms with Crippen molar-refractivity contribution >= 4 is 24.3 Å². The molecule has 3 nitrogen and oxygen atoms in total. The number of nitrogens with zero attached hydrogens (tertiary/aromatic N) is 1. The Labute approximate surface area is 153 Å². The minimum atomic E-state index is -2.35. The van der Waals surface area contributed by atoms with Crippen LogP contribution in [0.4, 0.5) is 0 Å². The van der Waals surface area contributed by atoms with E-state index >= 15 is 0 Å². The van der Waals surface area contributed by atoms with Crippen LogP contribution in [0.5, 0.6) is 0 Å². The summed E-state index contributed by atoms with van der Waals surface area (Å²) in [5, 5.41) is 1.35. The Hall–Kier alpha value is -0.291. The van der Waals surface area contributed by atoms with Gasteiger partial charge in [0.05, 0.1) is 0 Å². The fourth-order valence-corrected chi connectivity index (χ4v) is 20.3. The average Bonchev–Trinajstić information content (AvgIpc) is 3.10. The molecule has 138 valence electrons. The molecule has 1 amide bonds. The van der Waals surface area contributed by atoms with E-state index in [2.05, 4.69) is 32.9 Å². The van der Waals surface area contributed by atoms with Crippen LogP contribution in [0.3, 0.4) is 0 Å². The van der Waals surface area contributed by atoms with Crippen LogP contribution in [0.1, 0.15) is 65.7 Å². The van der Waals surface area contributed by atoms with E-state index in [1.807, 2.05) is 0 Å². The van der Waals surface area contributed by atoms with Crippen LogP contribution in [0.25, 0.3) is 0 Å². The van der Waals surface area contributed by atoms with E-state index in [1.54, 1.807) is 17.7 Å². The molecule has 0 aromatic heterocycles. The van der Waals surface area contributed by atoms with Crippen molar-refractivity contribution in [1.29, 1.82) is 0 Å². The number of allylic oxidation sites excluding steroid dienone is 3. The Bertz CT molecular complexity index is 435. The Morgan fingerprint density at radius 3 is 1.96 bits per heavy atom. The summed E-state index contributed by atoms with van der Waals surface area (Å²) in [7, 11) is 3.25. The first-order chi connectivity index (χ1) is 11.5. The first kappa shape index (κ1) is 21.8. The number of carbonyl (C=O) groups is 1. The van der Waals surface area contributed by atoms with E-state index in [-0.39, 0.29) is 5.91 Å². The standard InChI is InChI=1S/C8H10NO2.3C4H9.Sn/c1-9(11-2)8(10)7-5-3-4-6-7;3*1-3-4-2;/h3,5H,6H2,1-2H3;3*1,3-4H2,2H3;. The molecule has 0 heterocycles. The second-order valence-corrected chi connectivity index (χ2v) is 20.6. The number of hydroxylamine groups is 2. The monoisotopic (exact) mass is 443 g/mol. The average molecular weight is 442 g/mol. The zero-order valence-electron chi connectivity index (χ0n) is 16.5. The summed E-state index contributed by atoms with van der Waals surface area (Å²) in [6.07, 6.45) is 13.2. The van der Waals surface area contributed by atoms with Crippen LogP contribution in [-0.2, 0) is 9.63 Å². The van der Waals surface area contributed by atoms with Gasteiger partial charge in [-0.25, -0.2) is 0 Å². The van der Waals surface area contributed by atoms with Crippen LogP contribution < -0.4 is 0 Å². The normalized spacial score (nSPS) is 14.5. The third-order valence-corrected chi connectivity index (χ3v) is 21.5. The number of likely N-dealkylation sites (N-methyl/N-ethyl adjacent to an activating group) is 1. The molecule has 0 aromatic rings. The van der Waals surface area contributed by atoms with E-state index in [1.165, 1.54) is 56.9 Å². The molecule has 24 heavy (non-hydrogen) atoms. The number of carbonyl (C=O) groups excluding carboxylic acids is 1. The molecule has 0 saturated heterocycles. The third-order valence-electron chi connectivity index (χ3n) is 5.41. The van der Waals surface area contributed by atoms with Crippen molar-refractivity contribution in [2.75, 3.05) is 14.2 Å². The van der Waals surface area contributed by atoms with Gasteiger partial charge in [-0.3, -0.25) is 0 Å². The van der Waals surface area contributed by atoms with Gasteiger partial charge >= 0.3 is 153 Å². The maximum absolute atomic E-state index is 12.4. The molecule has 0 atom stereocenters. The van der Waals surface area contributed by atoms with Gasteiger partial charge in [-0.05, 0) is 0 Å². The molecule has 0 aromatic carbocycles. The predicted molar refractivity (Wildman–Crippen MR) is 105 cm³/mol. The summed E-state index contributed by atoms with van der Waals surface area (Å²) in [4.78, 5) is 17.5. The summed E-state index contributed by atoms with van der Waals surface area (Å²) >= 11 is -2.35. The van der Waals surface area contributed by atoms with Gasteiger partial charge in [0.15, 0.2) is 0 Å². The van der Waals surface area contributed by atoms with Gasteiger partial charge in [-0.1, -0.05) is 0 Å². The summed E-state index contributed by atoms with van der Waals surface area (Å²) in [5.41, 5.74) is 0.917. The molecular formula is C20H37NO2Sn. The zero-order valence-corrected chi connectivity index (χ0v) is 19.3. The number of hydrogen-bond donors (Lipinski definition) is 0. The van der Waals surface area contributed by atoms with Crippen LogP contribution >= 0.6 is 0 Å². The molecule has 1 aliphatic rings. The summed E-state index contributed by atoms with van der Waals surface area (Å²) in [5.74, 6) is 0.0189. The van der Waals surface area contributed by atoms with Crippen molar-refractivity contribution in [1.82, 2.24) is 5.06 Å². The molecule has 0 radical (unpaired) electrons. The van der Waals surface area contributed by atoms with Crippen molar-refractivity contribution in [2.45, 2.75) is 79.0 Å². The van der Waals surface area contributed by atoms with Crippen LogP contribution in [-0.4, -0.2) is 43.5 Å². The molecule has 1 aliphatic carbocycles. The van der Waals surface area contributed by atoms with E-state index < -0.39 is 18.4 Å². The Balaban J connectivity index is 2.92. The summed E-state index contributed by atoms with van der Waals surface area (Å²) in [6.45, 7) is 6.92. The molecular weight excluding hydrogens is 405 g/mol. The number of hydrogen-bond acceptors (Lipinski definition) is 2. The number of amides is 1. The SMILES string of the molecule is CCC[CH2][Sn]([CH2]CCC)([CH2]CCC)[C]1=CC=C(C(=O)N(C)OC)C1. The maximum atomic E-state index is 12.4. The van der Waals surface area contributed by atoms with Crippen molar-refractivity contribution < 1.29 is 9.63 Å². The zero-order chi connectivity index (χ0) is 18.0. The topological polar surface area (TPSA) is 29.5 Å². The van der Waals surface area contributed by atoms with E-state index in [4.69, 9.17) is 4.84 Å². The van der Waals surface area contributed by atoms with Crippen molar-refractivity contribution in [2.24, 2.45) is 0 Å². The van der Waals surface area contributed by atoms with E-state index in [0.717, 1.165) is 12.0 Å². The number of rotatable bonds is 12. The quantitative estimate of drug-likeness (QED) is 0.289. The van der Waals surface area contributed by atoms with Gasteiger partial charge in [0, 0.05) is 0 Å². The van der Waals surface area contributed by atoms with Gasteiger partial charge in [0.1, 0.15) is 0 Å². The van der Waals surface area contributed by atoms with Crippen LogP contribution in [0.15, 0.2) is 21.3 Å². The molecule has 0 unspecified atom stereocenters. The minimum absolute atomic E-state index is 0.0189. The van der Waals surface area contributed by atoms with Crippen molar-refractivity contribution in [3.05, 3.63) is 21.3 Å². The van der Waals surface area contributed by atoms with E-state index in [9.17, 15) is 4.79 Å². The molecule has 0 spiro atoms. The number of unbranched alkanes of at least 4 members (excludes halogenated alkanes) is 3. The van der Waals surface area contributed by atoms with Gasteiger partial charge in [-0.15, -0.1) is 0 Å². The third kappa shape index (κ3) is 5.90. The van der Waals surface area contributed by atoms with Crippen molar-refractivity contribution in [3.8, 4) is 0 Å². The first-order valence-corrected chi connectivity index (χ1v) is 17.2. The van der Waals surface area contributed by atoms with Crippen LogP contribution in [0.2, 0.25) is 13.3 Å². The van der Waals surface area contributed by atoms with Gasteiger partial charge < -0.3 is 0 Å². The molecule has 0 saturated carbocycles. The van der Waals surface area contributed by atoms with Gasteiger partial charge in [0.2, 0.25) is 0 Å². The Morgan fingerprint density at radius 1 is 1.04 bits per heavy atom. The summed E-state index contributed by atoms with van der Waals surface area (Å²) < 4.78 is 6.08. The molecule has 0 fully saturated rings. The van der Waals surface area contributed by atoms with Gasteiger partial charge in [0.25, 0.3) is 0 Å². The first-order valence-electron chi connectivity index (χ1n) is 9.77. The molecule has 1 rings (SSSR count). The Kier molecular flexibility index (Phi) is 10.3. The fraction of sp³-hybridized carbons (Fsp3) is 0.750. The van der Waals surface area contributed by atoms with Crippen molar-refractivity contribution in [3.63, 3.8) is 0 Å². The molecule has 4 heteroatoms. The van der Waals surface area contributed by atoms with Crippen LogP contribution in [0, 0.1) is 0 Å². The molecule has 0 aliphatic heterocycles. The fourth-order valence-electron chi connectivity index (χ4n) is 3.72.